The Balaban J connectivity index is 2.50. The number of carbonyl (C=O) groups is 5. The van der Waals surface area contributed by atoms with Gasteiger partial charge >= 0.3 is 11.9 Å². The topological polar surface area (TPSA) is 119 Å². The molecular formula is C21H32N2O7. The molecule has 0 aliphatic carbocycles. The fraction of sp³-hybridized carbons (Fsp3) is 0.667. The molecular weight excluding hydrogens is 392 g/mol. The maximum atomic E-state index is 12.4. The van der Waals surface area contributed by atoms with Gasteiger partial charge in [-0.3, -0.25) is 28.9 Å². The average Bonchev–Trinajstić information content (AvgIpc) is 2.87. The summed E-state index contributed by atoms with van der Waals surface area (Å²) < 4.78 is 10.7. The molecule has 168 valence electrons. The van der Waals surface area contributed by atoms with E-state index in [1.54, 1.807) is 41.5 Å². The van der Waals surface area contributed by atoms with E-state index >= 15 is 0 Å². The van der Waals surface area contributed by atoms with Crippen LogP contribution in [0.4, 0.5) is 0 Å². The molecule has 9 nitrogen and oxygen atoms in total. The maximum absolute atomic E-state index is 12.4. The van der Waals surface area contributed by atoms with Crippen LogP contribution in [0.5, 0.6) is 0 Å². The minimum atomic E-state index is -1.09. The number of carbonyl (C=O) groups excluding carboxylic acids is 5. The minimum Gasteiger partial charge on any atom is -0.459 e. The third-order valence-corrected chi connectivity index (χ3v) is 3.84. The molecule has 1 aliphatic rings. The van der Waals surface area contributed by atoms with E-state index in [1.807, 2.05) is 0 Å². The molecule has 0 radical (unpaired) electrons. The molecule has 0 unspecified atom stereocenters. The van der Waals surface area contributed by atoms with Gasteiger partial charge in [0.25, 0.3) is 11.8 Å². The van der Waals surface area contributed by atoms with Crippen LogP contribution in [-0.2, 0) is 33.4 Å². The summed E-state index contributed by atoms with van der Waals surface area (Å²) in [7, 11) is 0. The summed E-state index contributed by atoms with van der Waals surface area (Å²) in [6.07, 6.45) is 2.79. The number of nitrogens with zero attached hydrogens (tertiary/aromatic N) is 1. The van der Waals surface area contributed by atoms with Gasteiger partial charge in [0.05, 0.1) is 0 Å². The highest BCUT2D eigenvalue weighted by Gasteiger charge is 2.34. The SMILES string of the molecule is CC(C)(C)OC(=O)C(CCCNC(=O)CCN1C(=O)C=CC1=O)C(=O)OC(C)(C)C. The first-order valence-electron chi connectivity index (χ1n) is 9.95. The van der Waals surface area contributed by atoms with Crippen LogP contribution in [0.25, 0.3) is 0 Å². The van der Waals surface area contributed by atoms with Crippen molar-refractivity contribution in [1.82, 2.24) is 10.2 Å². The second-order valence-electron chi connectivity index (χ2n) is 9.02. The molecule has 0 fully saturated rings. The summed E-state index contributed by atoms with van der Waals surface area (Å²) in [5.41, 5.74) is -1.49. The van der Waals surface area contributed by atoms with Crippen LogP contribution in [0.2, 0.25) is 0 Å². The van der Waals surface area contributed by atoms with Gasteiger partial charge in [-0.2, -0.15) is 0 Å². The van der Waals surface area contributed by atoms with Gasteiger partial charge in [-0.15, -0.1) is 0 Å². The Morgan fingerprint density at radius 3 is 1.83 bits per heavy atom. The first-order valence-corrected chi connectivity index (χ1v) is 9.95. The quantitative estimate of drug-likeness (QED) is 0.258. The first kappa shape index (κ1) is 25.3. The van der Waals surface area contributed by atoms with Crippen LogP contribution in [-0.4, -0.2) is 58.9 Å². The molecule has 1 rings (SSSR count). The van der Waals surface area contributed by atoms with Crippen molar-refractivity contribution in [1.29, 1.82) is 0 Å². The van der Waals surface area contributed by atoms with Crippen LogP contribution >= 0.6 is 0 Å². The molecule has 3 amide bonds. The Morgan fingerprint density at radius 2 is 1.40 bits per heavy atom. The zero-order valence-electron chi connectivity index (χ0n) is 18.6. The first-order chi connectivity index (χ1) is 13.7. The zero-order valence-corrected chi connectivity index (χ0v) is 18.6. The monoisotopic (exact) mass is 424 g/mol. The van der Waals surface area contributed by atoms with Gasteiger partial charge < -0.3 is 14.8 Å². The van der Waals surface area contributed by atoms with Gasteiger partial charge in [-0.05, 0) is 54.4 Å². The van der Waals surface area contributed by atoms with E-state index in [9.17, 15) is 24.0 Å². The van der Waals surface area contributed by atoms with Gasteiger partial charge in [0.1, 0.15) is 11.2 Å². The minimum absolute atomic E-state index is 0.00502. The standard InChI is InChI=1S/C21H32N2O7/c1-20(2,3)29-18(27)14(19(28)30-21(4,5)6)8-7-12-22-15(24)11-13-23-16(25)9-10-17(23)26/h9-10,14H,7-8,11-13H2,1-6H3,(H,22,24). The fourth-order valence-electron chi connectivity index (χ4n) is 2.56. The van der Waals surface area contributed by atoms with Gasteiger partial charge in [0.2, 0.25) is 5.91 Å². The average molecular weight is 424 g/mol. The lowest BCUT2D eigenvalue weighted by Crippen LogP contribution is -2.37. The smallest absolute Gasteiger partial charge is 0.320 e. The molecule has 1 N–H and O–H groups in total. The van der Waals surface area contributed by atoms with Crippen molar-refractivity contribution in [3.63, 3.8) is 0 Å². The Morgan fingerprint density at radius 1 is 0.933 bits per heavy atom. The third kappa shape index (κ3) is 9.19. The van der Waals surface area contributed by atoms with Gasteiger partial charge in [-0.1, -0.05) is 0 Å². The molecule has 9 heteroatoms. The molecule has 1 aliphatic heterocycles. The van der Waals surface area contributed by atoms with Crippen LogP contribution in [0.3, 0.4) is 0 Å². The number of rotatable bonds is 9. The van der Waals surface area contributed by atoms with E-state index in [1.165, 1.54) is 0 Å². The highest BCUT2D eigenvalue weighted by atomic mass is 16.6. The fourth-order valence-corrected chi connectivity index (χ4v) is 2.56. The zero-order chi connectivity index (χ0) is 23.1. The summed E-state index contributed by atoms with van der Waals surface area (Å²) in [4.78, 5) is 60.7. The lowest BCUT2D eigenvalue weighted by Gasteiger charge is -2.26. The van der Waals surface area contributed by atoms with Crippen molar-refractivity contribution in [2.24, 2.45) is 5.92 Å². The highest BCUT2D eigenvalue weighted by molar-refractivity contribution is 6.13. The highest BCUT2D eigenvalue weighted by Crippen LogP contribution is 2.19. The van der Waals surface area contributed by atoms with Gasteiger partial charge in [0.15, 0.2) is 5.92 Å². The van der Waals surface area contributed by atoms with Crippen LogP contribution < -0.4 is 5.32 Å². The molecule has 0 saturated heterocycles. The van der Waals surface area contributed by atoms with Crippen LogP contribution in [0.1, 0.15) is 60.8 Å². The van der Waals surface area contributed by atoms with Crippen molar-refractivity contribution < 1.29 is 33.4 Å². The second kappa shape index (κ2) is 10.4. The van der Waals surface area contributed by atoms with Crippen molar-refractivity contribution in [2.75, 3.05) is 13.1 Å². The summed E-state index contributed by atoms with van der Waals surface area (Å²) in [5, 5.41) is 2.65. The predicted molar refractivity (Wildman–Crippen MR) is 108 cm³/mol. The molecule has 0 aromatic carbocycles. The maximum Gasteiger partial charge on any atom is 0.320 e. The lowest BCUT2D eigenvalue weighted by atomic mass is 10.0. The molecule has 30 heavy (non-hydrogen) atoms. The molecule has 0 bridgehead atoms. The van der Waals surface area contributed by atoms with E-state index in [2.05, 4.69) is 5.32 Å². The van der Waals surface area contributed by atoms with E-state index in [0.717, 1.165) is 17.1 Å². The number of nitrogens with one attached hydrogen (secondary N) is 1. The Kier molecular flexibility index (Phi) is 8.74. The third-order valence-electron chi connectivity index (χ3n) is 3.84. The molecule has 0 aromatic heterocycles. The van der Waals surface area contributed by atoms with Crippen molar-refractivity contribution in [2.45, 2.75) is 72.0 Å². The van der Waals surface area contributed by atoms with E-state index < -0.39 is 40.9 Å². The van der Waals surface area contributed by atoms with Crippen molar-refractivity contribution in [3.8, 4) is 0 Å². The molecule has 0 saturated carbocycles. The second-order valence-corrected chi connectivity index (χ2v) is 9.02. The Bertz CT molecular complexity index is 668. The Hall–Kier alpha value is -2.71. The van der Waals surface area contributed by atoms with Crippen LogP contribution in [0, 0.1) is 5.92 Å². The van der Waals surface area contributed by atoms with Crippen molar-refractivity contribution >= 4 is 29.7 Å². The molecule has 1 heterocycles. The number of hydrogen-bond donors (Lipinski definition) is 1. The molecule has 0 aromatic rings. The number of amides is 3. The summed E-state index contributed by atoms with van der Waals surface area (Å²) >= 11 is 0. The summed E-state index contributed by atoms with van der Waals surface area (Å²) in [6, 6.07) is 0. The molecule has 0 spiro atoms. The van der Waals surface area contributed by atoms with Crippen LogP contribution in [0.15, 0.2) is 12.2 Å². The van der Waals surface area contributed by atoms with E-state index in [4.69, 9.17) is 9.47 Å². The number of esters is 2. The largest absolute Gasteiger partial charge is 0.459 e. The number of hydrogen-bond acceptors (Lipinski definition) is 7. The van der Waals surface area contributed by atoms with Crippen molar-refractivity contribution in [3.05, 3.63) is 12.2 Å². The normalized spacial score (nSPS) is 14.3. The lowest BCUT2D eigenvalue weighted by molar-refractivity contribution is -0.174. The molecule has 0 atom stereocenters. The summed E-state index contributed by atoms with van der Waals surface area (Å²) in [5.74, 6) is -3.64. The Labute approximate surface area is 177 Å². The number of ether oxygens (including phenoxy) is 2. The van der Waals surface area contributed by atoms with Gasteiger partial charge in [-0.25, -0.2) is 0 Å². The predicted octanol–water partition coefficient (Wildman–Crippen LogP) is 1.50. The number of imide groups is 1. The van der Waals surface area contributed by atoms with E-state index in [-0.39, 0.29) is 31.8 Å². The van der Waals surface area contributed by atoms with Gasteiger partial charge in [0, 0.05) is 31.7 Å². The summed E-state index contributed by atoms with van der Waals surface area (Å²) in [6.45, 7) is 10.5. The van der Waals surface area contributed by atoms with E-state index in [0.29, 0.717) is 6.42 Å².